The zero-order chi connectivity index (χ0) is 18.2. The van der Waals surface area contributed by atoms with Gasteiger partial charge in [0.25, 0.3) is 0 Å². The highest BCUT2D eigenvalue weighted by molar-refractivity contribution is 5.92. The van der Waals surface area contributed by atoms with Crippen LogP contribution in [-0.4, -0.2) is 31.0 Å². The molecule has 0 aliphatic heterocycles. The minimum Gasteiger partial charge on any atom is -0.490 e. The Morgan fingerprint density at radius 2 is 2.00 bits per heavy atom. The molecule has 0 fully saturated rings. The maximum absolute atomic E-state index is 13.5. The number of nitrogens with one attached hydrogen (secondary N) is 1. The van der Waals surface area contributed by atoms with E-state index in [1.54, 1.807) is 25.1 Å². The van der Waals surface area contributed by atoms with Crippen LogP contribution < -0.4 is 10.1 Å². The highest BCUT2D eigenvalue weighted by Crippen LogP contribution is 2.15. The van der Waals surface area contributed by atoms with Crippen LogP contribution >= 0.6 is 0 Å². The zero-order valence-corrected chi connectivity index (χ0v) is 14.6. The average Bonchev–Trinajstić information content (AvgIpc) is 2.57. The zero-order valence-electron chi connectivity index (χ0n) is 14.6. The van der Waals surface area contributed by atoms with Crippen LogP contribution in [-0.2, 0) is 11.3 Å². The van der Waals surface area contributed by atoms with Crippen molar-refractivity contribution in [2.24, 2.45) is 0 Å². The van der Waals surface area contributed by atoms with Gasteiger partial charge >= 0.3 is 0 Å². The smallest absolute Gasteiger partial charge is 0.238 e. The molecule has 2 aromatic rings. The monoisotopic (exact) mass is 342 g/mol. The van der Waals surface area contributed by atoms with E-state index in [2.05, 4.69) is 11.9 Å². The molecule has 0 unspecified atom stereocenters. The lowest BCUT2D eigenvalue weighted by Gasteiger charge is -2.17. The van der Waals surface area contributed by atoms with Crippen LogP contribution in [0.2, 0.25) is 0 Å². The van der Waals surface area contributed by atoms with E-state index in [1.165, 1.54) is 6.07 Å². The number of hydrogen-bond acceptors (Lipinski definition) is 3. The molecule has 0 radical (unpaired) electrons. The third kappa shape index (κ3) is 6.04. The summed E-state index contributed by atoms with van der Waals surface area (Å²) in [6.45, 7) is 6.60. The Hall–Kier alpha value is -2.66. The Balaban J connectivity index is 1.84. The Morgan fingerprint density at radius 3 is 2.64 bits per heavy atom. The molecule has 1 N–H and O–H groups in total. The van der Waals surface area contributed by atoms with Gasteiger partial charge in [0.2, 0.25) is 5.91 Å². The second-order valence-corrected chi connectivity index (χ2v) is 5.93. The van der Waals surface area contributed by atoms with E-state index in [1.807, 2.05) is 36.2 Å². The van der Waals surface area contributed by atoms with Crippen molar-refractivity contribution in [3.05, 3.63) is 72.1 Å². The molecular weight excluding hydrogens is 319 g/mol. The summed E-state index contributed by atoms with van der Waals surface area (Å²) < 4.78 is 19.0. The summed E-state index contributed by atoms with van der Waals surface area (Å²) in [7, 11) is 1.86. The van der Waals surface area contributed by atoms with E-state index < -0.39 is 0 Å². The van der Waals surface area contributed by atoms with Crippen molar-refractivity contribution < 1.29 is 13.9 Å². The van der Waals surface area contributed by atoms with Gasteiger partial charge in [-0.1, -0.05) is 30.9 Å². The first-order chi connectivity index (χ1) is 12.0. The molecule has 0 atom stereocenters. The summed E-state index contributed by atoms with van der Waals surface area (Å²) in [5, 5.41) is 2.71. The average molecular weight is 342 g/mol. The van der Waals surface area contributed by atoms with E-state index in [4.69, 9.17) is 4.74 Å². The first kappa shape index (κ1) is 18.7. The van der Waals surface area contributed by atoms with Gasteiger partial charge in [-0.05, 0) is 49.4 Å². The molecule has 0 spiro atoms. The lowest BCUT2D eigenvalue weighted by Crippen LogP contribution is -2.29. The Labute approximate surface area is 147 Å². The van der Waals surface area contributed by atoms with E-state index >= 15 is 0 Å². The van der Waals surface area contributed by atoms with Gasteiger partial charge in [-0.25, -0.2) is 4.39 Å². The largest absolute Gasteiger partial charge is 0.490 e. The fourth-order valence-corrected chi connectivity index (χ4v) is 2.33. The molecule has 1 amide bonds. The Morgan fingerprint density at radius 1 is 1.28 bits per heavy atom. The second kappa shape index (κ2) is 8.99. The first-order valence-electron chi connectivity index (χ1n) is 8.05. The van der Waals surface area contributed by atoms with Crippen LogP contribution in [0.4, 0.5) is 10.1 Å². The minimum absolute atomic E-state index is 0.184. The fraction of sp³-hybridized carbons (Fsp3) is 0.250. The molecule has 0 aromatic heterocycles. The van der Waals surface area contributed by atoms with Gasteiger partial charge in [-0.15, -0.1) is 0 Å². The third-order valence-electron chi connectivity index (χ3n) is 3.61. The van der Waals surface area contributed by atoms with E-state index in [-0.39, 0.29) is 18.3 Å². The number of rotatable bonds is 8. The van der Waals surface area contributed by atoms with Crippen molar-refractivity contribution in [3.8, 4) is 5.75 Å². The molecule has 132 valence electrons. The van der Waals surface area contributed by atoms with Crippen molar-refractivity contribution in [2.45, 2.75) is 13.5 Å². The standard InChI is InChI=1S/C20H23FN2O2/c1-4-11-25-18-9-6-16(7-10-18)13-23(3)14-20(24)22-17-8-5-15(2)19(21)12-17/h4-10,12H,1,11,13-14H2,2-3H3,(H,22,24). The predicted octanol–water partition coefficient (Wildman–Crippen LogP) is 3.77. The SMILES string of the molecule is C=CCOc1ccc(CN(C)CC(=O)Nc2ccc(C)c(F)c2)cc1. The summed E-state index contributed by atoms with van der Waals surface area (Å²) in [4.78, 5) is 14.0. The van der Waals surface area contributed by atoms with Crippen LogP contribution in [0.1, 0.15) is 11.1 Å². The van der Waals surface area contributed by atoms with Crippen LogP contribution in [0.15, 0.2) is 55.1 Å². The molecule has 5 heteroatoms. The highest BCUT2D eigenvalue weighted by Gasteiger charge is 2.09. The van der Waals surface area contributed by atoms with E-state index in [9.17, 15) is 9.18 Å². The molecule has 0 saturated heterocycles. The van der Waals surface area contributed by atoms with Gasteiger partial charge in [0.15, 0.2) is 0 Å². The second-order valence-electron chi connectivity index (χ2n) is 5.93. The number of carbonyl (C=O) groups is 1. The lowest BCUT2D eigenvalue weighted by molar-refractivity contribution is -0.117. The fourth-order valence-electron chi connectivity index (χ4n) is 2.33. The number of benzene rings is 2. The van der Waals surface area contributed by atoms with Crippen molar-refractivity contribution in [1.82, 2.24) is 4.90 Å². The molecule has 4 nitrogen and oxygen atoms in total. The van der Waals surface area contributed by atoms with E-state index in [0.717, 1.165) is 11.3 Å². The summed E-state index contributed by atoms with van der Waals surface area (Å²) in [6.07, 6.45) is 1.69. The third-order valence-corrected chi connectivity index (χ3v) is 3.61. The number of anilines is 1. The van der Waals surface area contributed by atoms with Crippen molar-refractivity contribution in [3.63, 3.8) is 0 Å². The molecule has 0 bridgehead atoms. The van der Waals surface area contributed by atoms with Gasteiger partial charge in [-0.2, -0.15) is 0 Å². The van der Waals surface area contributed by atoms with Gasteiger partial charge in [0.05, 0.1) is 6.54 Å². The number of nitrogens with zero attached hydrogens (tertiary/aromatic N) is 1. The maximum atomic E-state index is 13.5. The minimum atomic E-state index is -0.329. The van der Waals surface area contributed by atoms with Crippen molar-refractivity contribution in [2.75, 3.05) is 25.5 Å². The van der Waals surface area contributed by atoms with Gasteiger partial charge in [0, 0.05) is 12.2 Å². The summed E-state index contributed by atoms with van der Waals surface area (Å²) in [5.74, 6) is 0.270. The van der Waals surface area contributed by atoms with Gasteiger partial charge < -0.3 is 10.1 Å². The van der Waals surface area contributed by atoms with Crippen LogP contribution in [0.3, 0.4) is 0 Å². The summed E-state index contributed by atoms with van der Waals surface area (Å²) in [6, 6.07) is 12.4. The first-order valence-corrected chi connectivity index (χ1v) is 8.05. The highest BCUT2D eigenvalue weighted by atomic mass is 19.1. The van der Waals surface area contributed by atoms with Crippen LogP contribution in [0, 0.1) is 12.7 Å². The number of aryl methyl sites for hydroxylation is 1. The molecule has 0 saturated carbocycles. The maximum Gasteiger partial charge on any atom is 0.238 e. The Bertz CT molecular complexity index is 729. The summed E-state index contributed by atoms with van der Waals surface area (Å²) >= 11 is 0. The molecule has 25 heavy (non-hydrogen) atoms. The lowest BCUT2D eigenvalue weighted by atomic mass is 10.2. The Kier molecular flexibility index (Phi) is 6.71. The molecule has 0 aliphatic carbocycles. The van der Waals surface area contributed by atoms with Crippen LogP contribution in [0.5, 0.6) is 5.75 Å². The molecule has 0 aliphatic rings. The number of halogens is 1. The molecular formula is C20H23FN2O2. The quantitative estimate of drug-likeness (QED) is 0.743. The number of hydrogen-bond donors (Lipinski definition) is 1. The number of likely N-dealkylation sites (N-methyl/N-ethyl adjacent to an activating group) is 1. The van der Waals surface area contributed by atoms with Crippen molar-refractivity contribution in [1.29, 1.82) is 0 Å². The number of carbonyl (C=O) groups excluding carboxylic acids is 1. The van der Waals surface area contributed by atoms with Crippen LogP contribution in [0.25, 0.3) is 0 Å². The predicted molar refractivity (Wildman–Crippen MR) is 98.2 cm³/mol. The van der Waals surface area contributed by atoms with E-state index in [0.29, 0.717) is 24.4 Å². The normalized spacial score (nSPS) is 10.6. The van der Waals surface area contributed by atoms with Gasteiger partial charge in [0.1, 0.15) is 18.2 Å². The molecule has 2 rings (SSSR count). The van der Waals surface area contributed by atoms with Crippen molar-refractivity contribution >= 4 is 11.6 Å². The number of amides is 1. The number of ether oxygens (including phenoxy) is 1. The van der Waals surface area contributed by atoms with Gasteiger partial charge in [-0.3, -0.25) is 9.69 Å². The topological polar surface area (TPSA) is 41.6 Å². The molecule has 0 heterocycles. The molecule has 2 aromatic carbocycles. The summed E-state index contributed by atoms with van der Waals surface area (Å²) in [5.41, 5.74) is 2.09.